The summed E-state index contributed by atoms with van der Waals surface area (Å²) in [5.41, 5.74) is 0.881. The molecule has 6 nitrogen and oxygen atoms in total. The van der Waals surface area contributed by atoms with Crippen LogP contribution >= 0.6 is 11.3 Å². The summed E-state index contributed by atoms with van der Waals surface area (Å²) in [7, 11) is 1.59. The highest BCUT2D eigenvalue weighted by Crippen LogP contribution is 2.19. The number of nitrogens with zero attached hydrogens (tertiary/aromatic N) is 1. The summed E-state index contributed by atoms with van der Waals surface area (Å²) in [4.78, 5) is 27.5. The monoisotopic (exact) mass is 360 g/mol. The van der Waals surface area contributed by atoms with Gasteiger partial charge in [-0.2, -0.15) is 0 Å². The van der Waals surface area contributed by atoms with Gasteiger partial charge in [-0.25, -0.2) is 0 Å². The molecular weight excluding hydrogens is 340 g/mol. The lowest BCUT2D eigenvalue weighted by Crippen LogP contribution is -2.55. The van der Waals surface area contributed by atoms with Crippen LogP contribution in [0.5, 0.6) is 5.75 Å². The molecule has 132 valence electrons. The van der Waals surface area contributed by atoms with Gasteiger partial charge in [0.05, 0.1) is 20.3 Å². The Hall–Kier alpha value is -2.38. The third kappa shape index (κ3) is 4.18. The minimum atomic E-state index is -0.627. The minimum Gasteiger partial charge on any atom is -0.496 e. The van der Waals surface area contributed by atoms with Crippen molar-refractivity contribution in [3.63, 3.8) is 0 Å². The van der Waals surface area contributed by atoms with Gasteiger partial charge in [0.2, 0.25) is 11.8 Å². The van der Waals surface area contributed by atoms with Gasteiger partial charge in [-0.1, -0.05) is 24.3 Å². The number of hydrogen-bond acceptors (Lipinski definition) is 5. The smallest absolute Gasteiger partial charge is 0.249 e. The van der Waals surface area contributed by atoms with Crippen LogP contribution in [-0.2, 0) is 27.4 Å². The SMILES string of the molecule is COc1ccccc1CNC(=O)[C@H]1COCC(=O)N1Cc1cccs1. The van der Waals surface area contributed by atoms with E-state index in [0.717, 1.165) is 10.4 Å². The molecule has 2 aromatic rings. The van der Waals surface area contributed by atoms with E-state index in [-0.39, 0.29) is 25.0 Å². The Bertz CT molecular complexity index is 732. The number of carbonyl (C=O) groups excluding carboxylic acids is 2. The van der Waals surface area contributed by atoms with Crippen molar-refractivity contribution in [1.82, 2.24) is 10.2 Å². The first kappa shape index (κ1) is 17.4. The quantitative estimate of drug-likeness (QED) is 0.853. The molecule has 0 spiro atoms. The van der Waals surface area contributed by atoms with Crippen LogP contribution in [0.2, 0.25) is 0 Å². The van der Waals surface area contributed by atoms with Crippen molar-refractivity contribution in [1.29, 1.82) is 0 Å². The number of benzene rings is 1. The Morgan fingerprint density at radius 1 is 1.36 bits per heavy atom. The molecule has 1 saturated heterocycles. The molecular formula is C18H20N2O4S. The number of ether oxygens (including phenoxy) is 2. The van der Waals surface area contributed by atoms with E-state index in [2.05, 4.69) is 5.32 Å². The maximum atomic E-state index is 12.6. The first-order chi connectivity index (χ1) is 12.2. The first-order valence-electron chi connectivity index (χ1n) is 7.98. The molecule has 2 amide bonds. The van der Waals surface area contributed by atoms with E-state index in [9.17, 15) is 9.59 Å². The maximum absolute atomic E-state index is 12.6. The molecule has 0 radical (unpaired) electrons. The topological polar surface area (TPSA) is 67.9 Å². The van der Waals surface area contributed by atoms with Crippen LogP contribution in [0.15, 0.2) is 41.8 Å². The van der Waals surface area contributed by atoms with Gasteiger partial charge in [-0.3, -0.25) is 9.59 Å². The van der Waals surface area contributed by atoms with Crippen LogP contribution in [0.1, 0.15) is 10.4 Å². The number of nitrogens with one attached hydrogen (secondary N) is 1. The number of rotatable bonds is 6. The average molecular weight is 360 g/mol. The summed E-state index contributed by atoms with van der Waals surface area (Å²) in [6, 6.07) is 10.8. The lowest BCUT2D eigenvalue weighted by molar-refractivity contribution is -0.155. The second kappa shape index (κ2) is 8.13. The van der Waals surface area contributed by atoms with Gasteiger partial charge in [0.25, 0.3) is 0 Å². The number of morpholine rings is 1. The van der Waals surface area contributed by atoms with Crippen molar-refractivity contribution in [2.75, 3.05) is 20.3 Å². The summed E-state index contributed by atoms with van der Waals surface area (Å²) in [5, 5.41) is 4.84. The van der Waals surface area contributed by atoms with Crippen molar-refractivity contribution >= 4 is 23.2 Å². The molecule has 1 fully saturated rings. The summed E-state index contributed by atoms with van der Waals surface area (Å²) in [5.74, 6) is 0.321. The largest absolute Gasteiger partial charge is 0.496 e. The van der Waals surface area contributed by atoms with Crippen LogP contribution in [0.4, 0.5) is 0 Å². The summed E-state index contributed by atoms with van der Waals surface area (Å²) in [6.45, 7) is 0.976. The lowest BCUT2D eigenvalue weighted by Gasteiger charge is -2.34. The molecule has 2 heterocycles. The summed E-state index contributed by atoms with van der Waals surface area (Å²) >= 11 is 1.56. The van der Waals surface area contributed by atoms with Gasteiger partial charge in [-0.05, 0) is 17.5 Å². The van der Waals surface area contributed by atoms with Crippen LogP contribution in [0.3, 0.4) is 0 Å². The zero-order chi connectivity index (χ0) is 17.6. The molecule has 0 unspecified atom stereocenters. The Morgan fingerprint density at radius 3 is 2.96 bits per heavy atom. The average Bonchev–Trinajstić information content (AvgIpc) is 3.14. The lowest BCUT2D eigenvalue weighted by atomic mass is 10.1. The fourth-order valence-electron chi connectivity index (χ4n) is 2.74. The maximum Gasteiger partial charge on any atom is 0.249 e. The molecule has 0 aliphatic carbocycles. The number of carbonyl (C=O) groups is 2. The third-order valence-electron chi connectivity index (χ3n) is 4.05. The number of hydrogen-bond donors (Lipinski definition) is 1. The van der Waals surface area contributed by atoms with Gasteiger partial charge >= 0.3 is 0 Å². The Kier molecular flexibility index (Phi) is 5.67. The van der Waals surface area contributed by atoms with E-state index in [1.807, 2.05) is 41.8 Å². The second-order valence-electron chi connectivity index (χ2n) is 5.66. The molecule has 1 aromatic heterocycles. The summed E-state index contributed by atoms with van der Waals surface area (Å²) in [6.07, 6.45) is 0. The van der Waals surface area contributed by atoms with Crippen molar-refractivity contribution in [2.45, 2.75) is 19.1 Å². The predicted molar refractivity (Wildman–Crippen MR) is 94.3 cm³/mol. The molecule has 3 rings (SSSR count). The van der Waals surface area contributed by atoms with Crippen molar-refractivity contribution < 1.29 is 19.1 Å². The third-order valence-corrected chi connectivity index (χ3v) is 4.91. The van der Waals surface area contributed by atoms with E-state index >= 15 is 0 Å². The van der Waals surface area contributed by atoms with Gasteiger partial charge in [0, 0.05) is 17.0 Å². The zero-order valence-corrected chi connectivity index (χ0v) is 14.8. The minimum absolute atomic E-state index is 0.0155. The number of amides is 2. The fraction of sp³-hybridized carbons (Fsp3) is 0.333. The Morgan fingerprint density at radius 2 is 2.20 bits per heavy atom. The zero-order valence-electron chi connectivity index (χ0n) is 13.9. The molecule has 1 atom stereocenters. The van der Waals surface area contributed by atoms with Crippen LogP contribution in [-0.4, -0.2) is 43.1 Å². The molecule has 1 aromatic carbocycles. The number of para-hydroxylation sites is 1. The number of thiophene rings is 1. The molecule has 0 saturated carbocycles. The molecule has 1 aliphatic rings. The second-order valence-corrected chi connectivity index (χ2v) is 6.69. The van der Waals surface area contributed by atoms with Gasteiger partial charge in [-0.15, -0.1) is 11.3 Å². The van der Waals surface area contributed by atoms with E-state index in [1.54, 1.807) is 23.3 Å². The molecule has 0 bridgehead atoms. The molecule has 7 heteroatoms. The van der Waals surface area contributed by atoms with Crippen molar-refractivity contribution in [3.05, 3.63) is 52.2 Å². The van der Waals surface area contributed by atoms with E-state index in [0.29, 0.717) is 18.8 Å². The highest BCUT2D eigenvalue weighted by molar-refractivity contribution is 7.09. The standard InChI is InChI=1S/C18H20N2O4S/c1-23-16-7-3-2-5-13(16)9-19-18(22)15-11-24-12-17(21)20(15)10-14-6-4-8-25-14/h2-8,15H,9-12H2,1H3,(H,19,22)/t15-/m1/s1. The highest BCUT2D eigenvalue weighted by Gasteiger charge is 2.34. The Labute approximate surface area is 150 Å². The van der Waals surface area contributed by atoms with E-state index < -0.39 is 6.04 Å². The van der Waals surface area contributed by atoms with E-state index in [1.165, 1.54) is 0 Å². The molecule has 1 aliphatic heterocycles. The first-order valence-corrected chi connectivity index (χ1v) is 8.86. The predicted octanol–water partition coefficient (Wildman–Crippen LogP) is 1.80. The normalized spacial score (nSPS) is 17.4. The molecule has 1 N–H and O–H groups in total. The van der Waals surface area contributed by atoms with Crippen LogP contribution in [0.25, 0.3) is 0 Å². The summed E-state index contributed by atoms with van der Waals surface area (Å²) < 4.78 is 10.6. The van der Waals surface area contributed by atoms with Crippen LogP contribution < -0.4 is 10.1 Å². The van der Waals surface area contributed by atoms with Gasteiger partial charge in [0.15, 0.2) is 0 Å². The molecule has 25 heavy (non-hydrogen) atoms. The number of methoxy groups -OCH3 is 1. The van der Waals surface area contributed by atoms with Crippen LogP contribution in [0, 0.1) is 0 Å². The van der Waals surface area contributed by atoms with E-state index in [4.69, 9.17) is 9.47 Å². The van der Waals surface area contributed by atoms with Crippen molar-refractivity contribution in [3.8, 4) is 5.75 Å². The Balaban J connectivity index is 1.67. The van der Waals surface area contributed by atoms with Crippen molar-refractivity contribution in [2.24, 2.45) is 0 Å². The van der Waals surface area contributed by atoms with Gasteiger partial charge in [0.1, 0.15) is 18.4 Å². The fourth-order valence-corrected chi connectivity index (χ4v) is 3.44. The van der Waals surface area contributed by atoms with Gasteiger partial charge < -0.3 is 19.7 Å². The highest BCUT2D eigenvalue weighted by atomic mass is 32.1.